The normalized spacial score (nSPS) is 14.9. The molecule has 15 heavy (non-hydrogen) atoms. The molecule has 4 heteroatoms. The second kappa shape index (κ2) is 6.40. The summed E-state index contributed by atoms with van der Waals surface area (Å²) in [6, 6.07) is 8.09. The summed E-state index contributed by atoms with van der Waals surface area (Å²) in [6.07, 6.45) is 0.921. The van der Waals surface area contributed by atoms with Crippen LogP contribution in [0, 0.1) is 0 Å². The first-order valence-electron chi connectivity index (χ1n) is 4.95. The zero-order chi connectivity index (χ0) is 11.3. The standard InChI is InChI=1S/C11H16BrNOS/c1-9(13-2)7-8-15(14)11-6-4-3-5-10(11)12/h3-6,9,13H,7-8H2,1-2H3. The van der Waals surface area contributed by atoms with Crippen LogP contribution >= 0.6 is 15.9 Å². The topological polar surface area (TPSA) is 29.1 Å². The predicted octanol–water partition coefficient (Wildman–Crippen LogP) is 2.55. The number of halogens is 1. The van der Waals surface area contributed by atoms with Gasteiger partial charge in [0.15, 0.2) is 0 Å². The monoisotopic (exact) mass is 289 g/mol. The minimum absolute atomic E-state index is 0.413. The van der Waals surface area contributed by atoms with Gasteiger partial charge < -0.3 is 5.32 Å². The van der Waals surface area contributed by atoms with Crippen LogP contribution in [0.2, 0.25) is 0 Å². The molecule has 0 heterocycles. The summed E-state index contributed by atoms with van der Waals surface area (Å²) in [5.41, 5.74) is 0. The first-order valence-corrected chi connectivity index (χ1v) is 7.06. The van der Waals surface area contributed by atoms with Crippen LogP contribution in [0.5, 0.6) is 0 Å². The minimum atomic E-state index is -0.904. The van der Waals surface area contributed by atoms with Crippen molar-refractivity contribution in [2.75, 3.05) is 12.8 Å². The molecule has 1 N–H and O–H groups in total. The van der Waals surface area contributed by atoms with Gasteiger partial charge in [0.25, 0.3) is 0 Å². The highest BCUT2D eigenvalue weighted by Crippen LogP contribution is 2.20. The van der Waals surface area contributed by atoms with Gasteiger partial charge in [0.05, 0.1) is 15.7 Å². The van der Waals surface area contributed by atoms with Gasteiger partial charge in [-0.3, -0.25) is 4.21 Å². The first kappa shape index (κ1) is 12.9. The Labute approximate surface area is 102 Å². The van der Waals surface area contributed by atoms with Crippen LogP contribution in [0.3, 0.4) is 0 Å². The Morgan fingerprint density at radius 2 is 2.13 bits per heavy atom. The van der Waals surface area contributed by atoms with Crippen molar-refractivity contribution < 1.29 is 4.21 Å². The van der Waals surface area contributed by atoms with E-state index in [9.17, 15) is 4.21 Å². The Balaban J connectivity index is 2.58. The molecule has 0 fully saturated rings. The quantitative estimate of drug-likeness (QED) is 0.903. The Kier molecular flexibility index (Phi) is 5.50. The first-order chi connectivity index (χ1) is 7.15. The molecule has 0 saturated carbocycles. The molecule has 0 aliphatic carbocycles. The molecule has 84 valence electrons. The highest BCUT2D eigenvalue weighted by molar-refractivity contribution is 9.10. The molecule has 2 atom stereocenters. The fourth-order valence-electron chi connectivity index (χ4n) is 1.17. The van der Waals surface area contributed by atoms with Crippen LogP contribution in [0.1, 0.15) is 13.3 Å². The molecule has 0 aromatic heterocycles. The molecule has 0 saturated heterocycles. The second-order valence-corrected chi connectivity index (χ2v) is 5.85. The highest BCUT2D eigenvalue weighted by atomic mass is 79.9. The molecule has 1 rings (SSSR count). The Bertz CT molecular complexity index is 343. The van der Waals surface area contributed by atoms with Gasteiger partial charge in [-0.2, -0.15) is 0 Å². The molecular weight excluding hydrogens is 274 g/mol. The maximum atomic E-state index is 11.9. The van der Waals surface area contributed by atoms with Crippen LogP contribution < -0.4 is 5.32 Å². The fourth-order valence-corrected chi connectivity index (χ4v) is 3.30. The zero-order valence-corrected chi connectivity index (χ0v) is 11.4. The average Bonchev–Trinajstić information content (AvgIpc) is 2.26. The van der Waals surface area contributed by atoms with Crippen LogP contribution in [0.4, 0.5) is 0 Å². The third-order valence-electron chi connectivity index (χ3n) is 2.31. The lowest BCUT2D eigenvalue weighted by molar-refractivity contribution is 0.591. The maximum absolute atomic E-state index is 11.9. The third-order valence-corrected chi connectivity index (χ3v) is 4.72. The van der Waals surface area contributed by atoms with Crippen LogP contribution in [0.25, 0.3) is 0 Å². The van der Waals surface area contributed by atoms with E-state index in [2.05, 4.69) is 28.2 Å². The summed E-state index contributed by atoms with van der Waals surface area (Å²) in [4.78, 5) is 0.890. The average molecular weight is 290 g/mol. The second-order valence-electron chi connectivity index (χ2n) is 3.46. The van der Waals surface area contributed by atoms with Crippen molar-refractivity contribution in [3.8, 4) is 0 Å². The summed E-state index contributed by atoms with van der Waals surface area (Å²) in [6.45, 7) is 2.09. The molecule has 0 amide bonds. The van der Waals surface area contributed by atoms with Crippen molar-refractivity contribution in [3.63, 3.8) is 0 Å². The Morgan fingerprint density at radius 1 is 1.47 bits per heavy atom. The largest absolute Gasteiger partial charge is 0.317 e. The van der Waals surface area contributed by atoms with Crippen molar-refractivity contribution in [1.82, 2.24) is 5.32 Å². The summed E-state index contributed by atoms with van der Waals surface area (Å²) in [5.74, 6) is 0.699. The van der Waals surface area contributed by atoms with Crippen molar-refractivity contribution in [3.05, 3.63) is 28.7 Å². The molecular formula is C11H16BrNOS. The van der Waals surface area contributed by atoms with E-state index >= 15 is 0 Å². The summed E-state index contributed by atoms with van der Waals surface area (Å²) < 4.78 is 12.9. The maximum Gasteiger partial charge on any atom is 0.0541 e. The minimum Gasteiger partial charge on any atom is -0.317 e. The highest BCUT2D eigenvalue weighted by Gasteiger charge is 2.08. The molecule has 1 aromatic carbocycles. The van der Waals surface area contributed by atoms with Crippen molar-refractivity contribution in [1.29, 1.82) is 0 Å². The van der Waals surface area contributed by atoms with E-state index in [1.165, 1.54) is 0 Å². The van der Waals surface area contributed by atoms with Crippen LogP contribution in [-0.4, -0.2) is 23.1 Å². The molecule has 0 spiro atoms. The van der Waals surface area contributed by atoms with E-state index in [-0.39, 0.29) is 0 Å². The molecule has 0 bridgehead atoms. The van der Waals surface area contributed by atoms with Gasteiger partial charge in [-0.25, -0.2) is 0 Å². The summed E-state index contributed by atoms with van der Waals surface area (Å²) in [5, 5.41) is 3.14. The van der Waals surface area contributed by atoms with Crippen LogP contribution in [-0.2, 0) is 10.8 Å². The molecule has 2 unspecified atom stereocenters. The molecule has 0 radical (unpaired) electrons. The summed E-state index contributed by atoms with van der Waals surface area (Å²) >= 11 is 3.41. The van der Waals surface area contributed by atoms with E-state index in [1.54, 1.807) is 0 Å². The SMILES string of the molecule is CNC(C)CCS(=O)c1ccccc1Br. The van der Waals surface area contributed by atoms with Crippen molar-refractivity contribution in [2.24, 2.45) is 0 Å². The van der Waals surface area contributed by atoms with Crippen molar-refractivity contribution >= 4 is 26.7 Å². The predicted molar refractivity (Wildman–Crippen MR) is 68.6 cm³/mol. The number of benzene rings is 1. The lowest BCUT2D eigenvalue weighted by atomic mass is 10.3. The molecule has 0 aliphatic rings. The van der Waals surface area contributed by atoms with Gasteiger partial charge in [0.1, 0.15) is 0 Å². The van der Waals surface area contributed by atoms with Gasteiger partial charge in [-0.15, -0.1) is 0 Å². The Hall–Kier alpha value is -0.190. The smallest absolute Gasteiger partial charge is 0.0541 e. The van der Waals surface area contributed by atoms with Crippen molar-refractivity contribution in [2.45, 2.75) is 24.3 Å². The van der Waals surface area contributed by atoms with Gasteiger partial charge in [-0.1, -0.05) is 12.1 Å². The van der Waals surface area contributed by atoms with Crippen LogP contribution in [0.15, 0.2) is 33.6 Å². The zero-order valence-electron chi connectivity index (χ0n) is 9.00. The fraction of sp³-hybridized carbons (Fsp3) is 0.455. The van der Waals surface area contributed by atoms with Gasteiger partial charge >= 0.3 is 0 Å². The molecule has 2 nitrogen and oxygen atoms in total. The van der Waals surface area contributed by atoms with Gasteiger partial charge in [0, 0.05) is 16.3 Å². The molecule has 0 aliphatic heterocycles. The van der Waals surface area contributed by atoms with Gasteiger partial charge in [0.2, 0.25) is 0 Å². The van der Waals surface area contributed by atoms with Gasteiger partial charge in [-0.05, 0) is 48.5 Å². The van der Waals surface area contributed by atoms with E-state index in [4.69, 9.17) is 0 Å². The number of rotatable bonds is 5. The van der Waals surface area contributed by atoms with E-state index in [1.807, 2.05) is 31.3 Å². The van der Waals surface area contributed by atoms with E-state index in [0.29, 0.717) is 11.8 Å². The third kappa shape index (κ3) is 4.05. The van der Waals surface area contributed by atoms with E-state index < -0.39 is 10.8 Å². The Morgan fingerprint density at radius 3 is 2.73 bits per heavy atom. The number of hydrogen-bond donors (Lipinski definition) is 1. The lowest BCUT2D eigenvalue weighted by Gasteiger charge is -2.09. The number of nitrogens with one attached hydrogen (secondary N) is 1. The van der Waals surface area contributed by atoms with E-state index in [0.717, 1.165) is 15.8 Å². The number of hydrogen-bond acceptors (Lipinski definition) is 2. The molecule has 1 aromatic rings. The lowest BCUT2D eigenvalue weighted by Crippen LogP contribution is -2.23. The summed E-state index contributed by atoms with van der Waals surface area (Å²) in [7, 11) is 1.02.